The summed E-state index contributed by atoms with van der Waals surface area (Å²) in [5.41, 5.74) is 3.85. The van der Waals surface area contributed by atoms with Crippen molar-refractivity contribution in [2.75, 3.05) is 13.2 Å². The third-order valence-electron chi connectivity index (χ3n) is 5.93. The second-order valence-electron chi connectivity index (χ2n) is 8.50. The van der Waals surface area contributed by atoms with Crippen LogP contribution < -0.4 is 14.8 Å². The quantitative estimate of drug-likeness (QED) is 0.243. The van der Waals surface area contributed by atoms with E-state index in [-0.39, 0.29) is 19.8 Å². The number of ether oxygens (including phenoxy) is 2. The van der Waals surface area contributed by atoms with Crippen LogP contribution in [0.3, 0.4) is 0 Å². The first-order chi connectivity index (χ1) is 18.6. The first-order valence-corrected chi connectivity index (χ1v) is 12.1. The molecule has 0 saturated heterocycles. The molecule has 6 nitrogen and oxygen atoms in total. The van der Waals surface area contributed by atoms with E-state index in [1.54, 1.807) is 60.8 Å². The highest BCUT2D eigenvalue weighted by atomic mass is 19.1. The van der Waals surface area contributed by atoms with Crippen molar-refractivity contribution in [3.05, 3.63) is 113 Å². The minimum atomic E-state index is -0.761. The molecule has 0 saturated carbocycles. The van der Waals surface area contributed by atoms with E-state index in [0.717, 1.165) is 11.1 Å². The van der Waals surface area contributed by atoms with Gasteiger partial charge in [-0.3, -0.25) is 4.98 Å². The van der Waals surface area contributed by atoms with E-state index in [1.807, 2.05) is 6.07 Å². The molecule has 0 aliphatic carbocycles. The molecule has 3 aromatic carbocycles. The lowest BCUT2D eigenvalue weighted by molar-refractivity contribution is 0.282. The van der Waals surface area contributed by atoms with Gasteiger partial charge in [-0.05, 0) is 34.9 Å². The lowest BCUT2D eigenvalue weighted by Gasteiger charge is -2.16. The summed E-state index contributed by atoms with van der Waals surface area (Å²) in [6.07, 6.45) is 3.11. The Bertz CT molecular complexity index is 1420. The minimum Gasteiger partial charge on any atom is -0.489 e. The van der Waals surface area contributed by atoms with Crippen LogP contribution in [0.1, 0.15) is 27.8 Å². The number of alkyl halides is 1. The molecule has 8 heteroatoms. The number of halogens is 2. The molecule has 194 valence electrons. The highest BCUT2D eigenvalue weighted by Crippen LogP contribution is 2.31. The zero-order valence-corrected chi connectivity index (χ0v) is 20.7. The maximum atomic E-state index is 14.4. The summed E-state index contributed by atoms with van der Waals surface area (Å²) in [5, 5.41) is 21.3. The minimum absolute atomic E-state index is 0.00680. The van der Waals surface area contributed by atoms with Crippen LogP contribution in [0, 0.1) is 17.1 Å². The number of aliphatic hydroxyl groups excluding tert-OH is 1. The van der Waals surface area contributed by atoms with E-state index in [4.69, 9.17) is 19.8 Å². The number of rotatable bonds is 12. The lowest BCUT2D eigenvalue weighted by atomic mass is 9.96. The smallest absolute Gasteiger partial charge is 0.131 e. The first-order valence-electron chi connectivity index (χ1n) is 12.1. The second-order valence-corrected chi connectivity index (χ2v) is 8.50. The van der Waals surface area contributed by atoms with Gasteiger partial charge in [0.15, 0.2) is 0 Å². The fraction of sp³-hybridized carbons (Fsp3) is 0.200. The van der Waals surface area contributed by atoms with Gasteiger partial charge in [-0.25, -0.2) is 8.78 Å². The average Bonchev–Trinajstić information content (AvgIpc) is 2.96. The molecule has 0 bridgehead atoms. The molecule has 0 unspecified atom stereocenters. The maximum absolute atomic E-state index is 14.4. The van der Waals surface area contributed by atoms with Crippen molar-refractivity contribution in [2.45, 2.75) is 26.4 Å². The predicted octanol–water partition coefficient (Wildman–Crippen LogP) is 5.47. The SMILES string of the molecule is N#Cc1cncc(COc2cc(OCc3cccc(-c4ccccc4F)c3CF)ccc2CNCCO)c1. The fourth-order valence-corrected chi connectivity index (χ4v) is 4.02. The average molecular weight is 516 g/mol. The molecule has 0 aliphatic rings. The largest absolute Gasteiger partial charge is 0.489 e. The maximum Gasteiger partial charge on any atom is 0.131 e. The van der Waals surface area contributed by atoms with Crippen molar-refractivity contribution in [3.8, 4) is 28.7 Å². The van der Waals surface area contributed by atoms with Crippen molar-refractivity contribution < 1.29 is 23.4 Å². The predicted molar refractivity (Wildman–Crippen MR) is 139 cm³/mol. The van der Waals surface area contributed by atoms with Crippen LogP contribution >= 0.6 is 0 Å². The van der Waals surface area contributed by atoms with Gasteiger partial charge in [0.05, 0.1) is 12.2 Å². The van der Waals surface area contributed by atoms with Crippen LogP contribution in [0.2, 0.25) is 0 Å². The van der Waals surface area contributed by atoms with Gasteiger partial charge in [0.2, 0.25) is 0 Å². The number of benzene rings is 3. The van der Waals surface area contributed by atoms with Crippen LogP contribution in [-0.4, -0.2) is 23.2 Å². The van der Waals surface area contributed by atoms with Crippen LogP contribution in [0.4, 0.5) is 8.78 Å². The Labute approximate surface area is 220 Å². The van der Waals surface area contributed by atoms with Gasteiger partial charge in [0, 0.05) is 48.2 Å². The van der Waals surface area contributed by atoms with E-state index in [1.165, 1.54) is 12.3 Å². The molecular formula is C30H27F2N3O3. The summed E-state index contributed by atoms with van der Waals surface area (Å²) in [5.74, 6) is 0.653. The fourth-order valence-electron chi connectivity index (χ4n) is 4.02. The molecule has 4 aromatic rings. The Kier molecular flexibility index (Phi) is 9.35. The molecule has 0 spiro atoms. The zero-order chi connectivity index (χ0) is 26.7. The Hall–Kier alpha value is -4.32. The molecule has 0 amide bonds. The standard InChI is InChI=1S/C30H27F2N3O3/c31-14-28-24(4-3-6-26(28)27-5-1-2-7-29(27)32)20-37-25-9-8-23(18-34-10-11-36)30(13-25)38-19-22-12-21(15-33)16-35-17-22/h1-9,12-13,16-17,34,36H,10-11,14,18-20H2. The number of nitrogens with one attached hydrogen (secondary N) is 1. The molecule has 0 atom stereocenters. The number of hydrogen-bond acceptors (Lipinski definition) is 6. The Morgan fingerprint density at radius 2 is 1.76 bits per heavy atom. The summed E-state index contributed by atoms with van der Waals surface area (Å²) < 4.78 is 40.6. The van der Waals surface area contributed by atoms with E-state index in [0.29, 0.717) is 52.4 Å². The first kappa shape index (κ1) is 26.7. The number of aliphatic hydroxyl groups is 1. The number of nitrogens with zero attached hydrogens (tertiary/aromatic N) is 2. The number of nitriles is 1. The van der Waals surface area contributed by atoms with Gasteiger partial charge in [-0.2, -0.15) is 5.26 Å². The van der Waals surface area contributed by atoms with Gasteiger partial charge in [-0.1, -0.05) is 42.5 Å². The summed E-state index contributed by atoms with van der Waals surface area (Å²) in [4.78, 5) is 4.06. The summed E-state index contributed by atoms with van der Waals surface area (Å²) in [7, 11) is 0. The third-order valence-corrected chi connectivity index (χ3v) is 5.93. The van der Waals surface area contributed by atoms with Crippen molar-refractivity contribution in [3.63, 3.8) is 0 Å². The van der Waals surface area contributed by atoms with Crippen molar-refractivity contribution in [1.29, 1.82) is 5.26 Å². The Morgan fingerprint density at radius 1 is 0.921 bits per heavy atom. The highest BCUT2D eigenvalue weighted by molar-refractivity contribution is 5.69. The number of aromatic nitrogens is 1. The Balaban J connectivity index is 1.54. The van der Waals surface area contributed by atoms with Crippen LogP contribution in [0.25, 0.3) is 11.1 Å². The molecule has 0 radical (unpaired) electrons. The summed E-state index contributed by atoms with van der Waals surface area (Å²) >= 11 is 0. The zero-order valence-electron chi connectivity index (χ0n) is 20.7. The van der Waals surface area contributed by atoms with Crippen LogP contribution in [0.15, 0.2) is 79.1 Å². The monoisotopic (exact) mass is 515 g/mol. The molecule has 0 aliphatic heterocycles. The topological polar surface area (TPSA) is 87.4 Å². The van der Waals surface area contributed by atoms with Gasteiger partial charge in [0.1, 0.15) is 43.3 Å². The number of pyridine rings is 1. The van der Waals surface area contributed by atoms with E-state index < -0.39 is 12.5 Å². The van der Waals surface area contributed by atoms with Gasteiger partial charge >= 0.3 is 0 Å². The molecule has 1 aromatic heterocycles. The van der Waals surface area contributed by atoms with Crippen LogP contribution in [0.5, 0.6) is 11.5 Å². The van der Waals surface area contributed by atoms with Gasteiger partial charge < -0.3 is 19.9 Å². The van der Waals surface area contributed by atoms with E-state index >= 15 is 0 Å². The normalized spacial score (nSPS) is 10.7. The van der Waals surface area contributed by atoms with Gasteiger partial charge in [-0.15, -0.1) is 0 Å². The number of hydrogen-bond donors (Lipinski definition) is 2. The molecule has 4 rings (SSSR count). The summed E-state index contributed by atoms with van der Waals surface area (Å²) in [6.45, 7) is 0.405. The molecule has 1 heterocycles. The molecule has 38 heavy (non-hydrogen) atoms. The molecule has 0 fully saturated rings. The lowest BCUT2D eigenvalue weighted by Crippen LogP contribution is -2.18. The Morgan fingerprint density at radius 3 is 2.55 bits per heavy atom. The second kappa shape index (κ2) is 13.3. The van der Waals surface area contributed by atoms with Crippen molar-refractivity contribution in [1.82, 2.24) is 10.3 Å². The van der Waals surface area contributed by atoms with E-state index in [9.17, 15) is 8.78 Å². The van der Waals surface area contributed by atoms with Crippen LogP contribution in [-0.2, 0) is 26.4 Å². The highest BCUT2D eigenvalue weighted by Gasteiger charge is 2.14. The summed E-state index contributed by atoms with van der Waals surface area (Å²) in [6, 6.07) is 20.7. The van der Waals surface area contributed by atoms with Crippen molar-refractivity contribution >= 4 is 0 Å². The van der Waals surface area contributed by atoms with Gasteiger partial charge in [0.25, 0.3) is 0 Å². The molecule has 2 N–H and O–H groups in total. The van der Waals surface area contributed by atoms with E-state index in [2.05, 4.69) is 16.4 Å². The third kappa shape index (κ3) is 6.71. The molecular weight excluding hydrogens is 488 g/mol. The van der Waals surface area contributed by atoms with Crippen molar-refractivity contribution in [2.24, 2.45) is 0 Å².